The van der Waals surface area contributed by atoms with Crippen LogP contribution in [0.5, 0.6) is 0 Å². The van der Waals surface area contributed by atoms with Gasteiger partial charge in [-0.05, 0) is 52.7 Å². The molecule has 2 heterocycles. The highest BCUT2D eigenvalue weighted by Crippen LogP contribution is 2.24. The Balaban J connectivity index is 1.83. The molecule has 1 aliphatic rings. The maximum atomic E-state index is 13.1. The Morgan fingerprint density at radius 1 is 1.33 bits per heavy atom. The number of benzene rings is 1. The molecule has 0 saturated carbocycles. The zero-order valence-electron chi connectivity index (χ0n) is 17.7. The summed E-state index contributed by atoms with van der Waals surface area (Å²) in [4.78, 5) is 42.3. The third-order valence-electron chi connectivity index (χ3n) is 4.61. The van der Waals surface area contributed by atoms with E-state index in [9.17, 15) is 14.4 Å². The van der Waals surface area contributed by atoms with Crippen LogP contribution in [0.1, 0.15) is 40.5 Å². The van der Waals surface area contributed by atoms with Crippen molar-refractivity contribution in [3.63, 3.8) is 0 Å². The van der Waals surface area contributed by atoms with Crippen molar-refractivity contribution in [3.8, 4) is 0 Å². The normalized spacial score (nSPS) is 17.7. The standard InChI is InChI=1S/C21H28N4O4S/c1-13(17(26)23-19(28)24-21(2,3)4)30-20-22-16-10-6-5-9-15(16)18(27)25(20)12-14-8-7-11-29-14/h5-6,9-10,13-14H,7-8,11-12H2,1-4H3,(H2,23,24,26,28). The molecular formula is C21H28N4O4S. The molecule has 0 aliphatic carbocycles. The van der Waals surface area contributed by atoms with Gasteiger partial charge in [-0.25, -0.2) is 9.78 Å². The minimum Gasteiger partial charge on any atom is -0.376 e. The Morgan fingerprint density at radius 3 is 2.73 bits per heavy atom. The zero-order chi connectivity index (χ0) is 21.9. The van der Waals surface area contributed by atoms with Gasteiger partial charge >= 0.3 is 6.03 Å². The highest BCUT2D eigenvalue weighted by atomic mass is 32.2. The lowest BCUT2D eigenvalue weighted by molar-refractivity contribution is -0.119. The Labute approximate surface area is 179 Å². The molecule has 8 nitrogen and oxygen atoms in total. The van der Waals surface area contributed by atoms with E-state index in [1.54, 1.807) is 29.7 Å². The number of nitrogens with zero attached hydrogens (tertiary/aromatic N) is 2. The second-order valence-electron chi connectivity index (χ2n) is 8.42. The van der Waals surface area contributed by atoms with Gasteiger partial charge < -0.3 is 10.1 Å². The number of fused-ring (bicyclic) bond motifs is 1. The summed E-state index contributed by atoms with van der Waals surface area (Å²) in [7, 11) is 0. The Hall–Kier alpha value is -2.39. The second kappa shape index (κ2) is 9.18. The molecule has 2 unspecified atom stereocenters. The van der Waals surface area contributed by atoms with Crippen LogP contribution in [0.4, 0.5) is 4.79 Å². The number of ether oxygens (including phenoxy) is 1. The van der Waals surface area contributed by atoms with Crippen molar-refractivity contribution < 1.29 is 14.3 Å². The molecule has 30 heavy (non-hydrogen) atoms. The van der Waals surface area contributed by atoms with Crippen LogP contribution in [0.25, 0.3) is 10.9 Å². The van der Waals surface area contributed by atoms with Gasteiger partial charge in [0, 0.05) is 12.1 Å². The first kappa shape index (κ1) is 22.3. The van der Waals surface area contributed by atoms with Crippen molar-refractivity contribution in [2.45, 2.75) is 69.1 Å². The van der Waals surface area contributed by atoms with Gasteiger partial charge in [-0.1, -0.05) is 23.9 Å². The molecule has 1 aliphatic heterocycles. The van der Waals surface area contributed by atoms with Crippen LogP contribution in [0.15, 0.2) is 34.2 Å². The minimum atomic E-state index is -0.625. The molecule has 162 valence electrons. The summed E-state index contributed by atoms with van der Waals surface area (Å²) < 4.78 is 7.29. The number of hydrogen-bond donors (Lipinski definition) is 2. The molecule has 1 aromatic heterocycles. The van der Waals surface area contributed by atoms with Crippen molar-refractivity contribution in [2.24, 2.45) is 0 Å². The van der Waals surface area contributed by atoms with E-state index in [1.807, 2.05) is 26.8 Å². The third-order valence-corrected chi connectivity index (χ3v) is 5.70. The number of urea groups is 1. The Bertz CT molecular complexity index is 993. The molecule has 1 aromatic carbocycles. The lowest BCUT2D eigenvalue weighted by Crippen LogP contribution is -2.49. The van der Waals surface area contributed by atoms with Crippen LogP contribution in [0.2, 0.25) is 0 Å². The molecule has 0 bridgehead atoms. The van der Waals surface area contributed by atoms with Crippen LogP contribution in [-0.4, -0.2) is 45.0 Å². The quantitative estimate of drug-likeness (QED) is 0.556. The number of para-hydroxylation sites is 1. The second-order valence-corrected chi connectivity index (χ2v) is 9.72. The summed E-state index contributed by atoms with van der Waals surface area (Å²) >= 11 is 1.15. The average molecular weight is 433 g/mol. The molecule has 1 fully saturated rings. The molecule has 9 heteroatoms. The molecule has 2 aromatic rings. The van der Waals surface area contributed by atoms with Crippen molar-refractivity contribution in [1.29, 1.82) is 0 Å². The number of carbonyl (C=O) groups is 2. The van der Waals surface area contributed by atoms with Crippen molar-refractivity contribution in [3.05, 3.63) is 34.6 Å². The van der Waals surface area contributed by atoms with Gasteiger partial charge in [0.2, 0.25) is 5.91 Å². The Kier molecular flexibility index (Phi) is 6.82. The Morgan fingerprint density at radius 2 is 2.07 bits per heavy atom. The summed E-state index contributed by atoms with van der Waals surface area (Å²) in [5, 5.41) is 5.39. The summed E-state index contributed by atoms with van der Waals surface area (Å²) in [5.41, 5.74) is -0.0362. The zero-order valence-corrected chi connectivity index (χ0v) is 18.5. The highest BCUT2D eigenvalue weighted by Gasteiger charge is 2.24. The van der Waals surface area contributed by atoms with Crippen molar-refractivity contribution in [1.82, 2.24) is 20.2 Å². The topological polar surface area (TPSA) is 102 Å². The van der Waals surface area contributed by atoms with E-state index >= 15 is 0 Å². The number of nitrogens with one attached hydrogen (secondary N) is 2. The van der Waals surface area contributed by atoms with Crippen LogP contribution in [-0.2, 0) is 16.1 Å². The van der Waals surface area contributed by atoms with Crippen LogP contribution in [0, 0.1) is 0 Å². The molecule has 3 rings (SSSR count). The molecule has 0 radical (unpaired) electrons. The number of amides is 3. The summed E-state index contributed by atoms with van der Waals surface area (Å²) in [6, 6.07) is 6.60. The van der Waals surface area contributed by atoms with E-state index in [2.05, 4.69) is 15.6 Å². The van der Waals surface area contributed by atoms with Crippen LogP contribution < -0.4 is 16.2 Å². The fraction of sp³-hybridized carbons (Fsp3) is 0.524. The fourth-order valence-corrected chi connectivity index (χ4v) is 4.11. The lowest BCUT2D eigenvalue weighted by Gasteiger charge is -2.21. The molecule has 2 atom stereocenters. The molecular weight excluding hydrogens is 404 g/mol. The predicted molar refractivity (Wildman–Crippen MR) is 117 cm³/mol. The van der Waals surface area contributed by atoms with Gasteiger partial charge in [-0.3, -0.25) is 19.5 Å². The third kappa shape index (κ3) is 5.60. The first-order valence-corrected chi connectivity index (χ1v) is 10.9. The van der Waals surface area contributed by atoms with Gasteiger partial charge in [0.25, 0.3) is 5.56 Å². The minimum absolute atomic E-state index is 0.0493. The average Bonchev–Trinajstić information content (AvgIpc) is 3.16. The van der Waals surface area contributed by atoms with E-state index in [4.69, 9.17) is 4.74 Å². The molecule has 3 amide bonds. The van der Waals surface area contributed by atoms with Crippen molar-refractivity contribution in [2.75, 3.05) is 6.61 Å². The van der Waals surface area contributed by atoms with Gasteiger partial charge in [-0.2, -0.15) is 0 Å². The predicted octanol–water partition coefficient (Wildman–Crippen LogP) is 2.68. The summed E-state index contributed by atoms with van der Waals surface area (Å²) in [5.74, 6) is -0.451. The lowest BCUT2D eigenvalue weighted by atomic mass is 10.1. The molecule has 1 saturated heterocycles. The van der Waals surface area contributed by atoms with E-state index in [1.165, 1.54) is 0 Å². The van der Waals surface area contributed by atoms with Crippen molar-refractivity contribution >= 4 is 34.6 Å². The number of aromatic nitrogens is 2. The number of imide groups is 1. The maximum Gasteiger partial charge on any atom is 0.321 e. The summed E-state index contributed by atoms with van der Waals surface area (Å²) in [6.45, 7) is 8.25. The highest BCUT2D eigenvalue weighted by molar-refractivity contribution is 8.00. The number of hydrogen-bond acceptors (Lipinski definition) is 6. The SMILES string of the molecule is CC(Sc1nc2ccccc2c(=O)n1CC1CCCO1)C(=O)NC(=O)NC(C)(C)C. The number of thioether (sulfide) groups is 1. The van der Waals surface area contributed by atoms with Gasteiger partial charge in [0.1, 0.15) is 0 Å². The molecule has 0 spiro atoms. The van der Waals surface area contributed by atoms with E-state index < -0.39 is 22.7 Å². The van der Waals surface area contributed by atoms with E-state index in [-0.39, 0.29) is 11.7 Å². The molecule has 2 N–H and O–H groups in total. The number of carbonyl (C=O) groups excluding carboxylic acids is 2. The van der Waals surface area contributed by atoms with Gasteiger partial charge in [-0.15, -0.1) is 0 Å². The largest absolute Gasteiger partial charge is 0.376 e. The fourth-order valence-electron chi connectivity index (χ4n) is 3.19. The summed E-state index contributed by atoms with van der Waals surface area (Å²) in [6.07, 6.45) is 1.79. The van der Waals surface area contributed by atoms with Gasteiger partial charge in [0.05, 0.1) is 28.8 Å². The first-order chi connectivity index (χ1) is 14.1. The van der Waals surface area contributed by atoms with Gasteiger partial charge in [0.15, 0.2) is 5.16 Å². The van der Waals surface area contributed by atoms with Crippen LogP contribution in [0.3, 0.4) is 0 Å². The van der Waals surface area contributed by atoms with Crippen LogP contribution >= 0.6 is 11.8 Å². The van der Waals surface area contributed by atoms with E-state index in [0.717, 1.165) is 24.6 Å². The van der Waals surface area contributed by atoms with E-state index in [0.29, 0.717) is 29.2 Å². The number of rotatable bonds is 5. The first-order valence-electron chi connectivity index (χ1n) is 10.0. The smallest absolute Gasteiger partial charge is 0.321 e. The monoisotopic (exact) mass is 432 g/mol. The maximum absolute atomic E-state index is 13.1.